The van der Waals surface area contributed by atoms with Gasteiger partial charge in [-0.3, -0.25) is 0 Å². The van der Waals surface area contributed by atoms with Gasteiger partial charge in [-0.1, -0.05) is 0 Å². The van der Waals surface area contributed by atoms with E-state index in [1.54, 1.807) is 12.1 Å². The fraction of sp³-hybridized carbons (Fsp3) is 0.400. The van der Waals surface area contributed by atoms with Crippen molar-refractivity contribution in [2.75, 3.05) is 0 Å². The van der Waals surface area contributed by atoms with Crippen molar-refractivity contribution in [2.45, 2.75) is 23.2 Å². The summed E-state index contributed by atoms with van der Waals surface area (Å²) in [4.78, 5) is 0. The molecule has 0 saturated heterocycles. The van der Waals surface area contributed by atoms with Crippen LogP contribution in [0.1, 0.15) is 19.3 Å². The molecule has 0 aromatic heterocycles. The molecule has 0 atom stereocenters. The Morgan fingerprint density at radius 2 is 1.83 bits per heavy atom. The molecule has 12 heavy (non-hydrogen) atoms. The quantitative estimate of drug-likeness (QED) is 0.721. The van der Waals surface area contributed by atoms with Gasteiger partial charge in [-0.25, -0.2) is 0 Å². The third kappa shape index (κ3) is 2.00. The second-order valence-electron chi connectivity index (χ2n) is 3.28. The topological polar surface area (TPSA) is 0 Å². The zero-order valence-corrected chi connectivity index (χ0v) is 9.74. The minimum atomic E-state index is -0.357. The maximum atomic E-state index is 12.5. The van der Waals surface area contributed by atoms with Crippen LogP contribution in [0.3, 0.4) is 0 Å². The standard InChI is InChI=1S/C6H4F.C4H7.Sn/c7-6-4-2-1-3-5-6;1-2-4-3-1;/h2-5H;1H,2-4H2;. The average Bonchev–Trinajstić information content (AvgIpc) is 2.00. The van der Waals surface area contributed by atoms with Gasteiger partial charge in [-0.15, -0.1) is 0 Å². The van der Waals surface area contributed by atoms with E-state index in [4.69, 9.17) is 0 Å². The van der Waals surface area contributed by atoms with Crippen LogP contribution >= 0.6 is 0 Å². The summed E-state index contributed by atoms with van der Waals surface area (Å²) in [6.45, 7) is 0. The van der Waals surface area contributed by atoms with Crippen LogP contribution in [-0.4, -0.2) is 21.1 Å². The molecule has 1 fully saturated rings. The van der Waals surface area contributed by atoms with Crippen molar-refractivity contribution in [2.24, 2.45) is 0 Å². The fourth-order valence-electron chi connectivity index (χ4n) is 1.33. The molecule has 2 radical (unpaired) electrons. The second-order valence-corrected chi connectivity index (χ2v) is 8.08. The number of hydrogen-bond donors (Lipinski definition) is 0. The van der Waals surface area contributed by atoms with Crippen LogP contribution in [-0.2, 0) is 0 Å². The minimum absolute atomic E-state index is 0.105. The van der Waals surface area contributed by atoms with Gasteiger partial charge in [0.15, 0.2) is 0 Å². The predicted molar refractivity (Wildman–Crippen MR) is 49.4 cm³/mol. The van der Waals surface area contributed by atoms with Crippen molar-refractivity contribution < 1.29 is 4.39 Å². The molecule has 62 valence electrons. The van der Waals surface area contributed by atoms with Crippen molar-refractivity contribution in [3.8, 4) is 0 Å². The van der Waals surface area contributed by atoms with Crippen molar-refractivity contribution in [3.63, 3.8) is 0 Å². The molecule has 1 aliphatic rings. The molecule has 0 unspecified atom stereocenters. The normalized spacial score (nSPS) is 17.4. The zero-order valence-electron chi connectivity index (χ0n) is 6.89. The molecule has 0 aliphatic heterocycles. The Bertz CT molecular complexity index is 251. The van der Waals surface area contributed by atoms with Gasteiger partial charge >= 0.3 is 82.4 Å². The third-order valence-electron chi connectivity index (χ3n) is 2.32. The van der Waals surface area contributed by atoms with Crippen molar-refractivity contribution >= 4 is 24.7 Å². The predicted octanol–water partition coefficient (Wildman–Crippen LogP) is 2.13. The molecular weight excluding hydrogens is 258 g/mol. The third-order valence-corrected chi connectivity index (χ3v) is 7.04. The first-order chi connectivity index (χ1) is 5.84. The van der Waals surface area contributed by atoms with Crippen LogP contribution in [0.2, 0.25) is 3.93 Å². The molecule has 1 aromatic rings. The van der Waals surface area contributed by atoms with Gasteiger partial charge in [0, 0.05) is 0 Å². The summed E-state index contributed by atoms with van der Waals surface area (Å²) in [7, 11) is 0. The van der Waals surface area contributed by atoms with Gasteiger partial charge in [-0.05, 0) is 0 Å². The molecule has 1 saturated carbocycles. The molecule has 0 nitrogen and oxygen atoms in total. The molecule has 2 heteroatoms. The summed E-state index contributed by atoms with van der Waals surface area (Å²) < 4.78 is 15.0. The molecule has 2 rings (SSSR count). The van der Waals surface area contributed by atoms with Gasteiger partial charge in [0.05, 0.1) is 0 Å². The Kier molecular flexibility index (Phi) is 2.69. The molecular formula is C10H11FSn. The molecule has 1 aliphatic carbocycles. The summed E-state index contributed by atoms with van der Waals surface area (Å²) in [6.07, 6.45) is 4.29. The molecule has 0 bridgehead atoms. The zero-order chi connectivity index (χ0) is 8.39. The van der Waals surface area contributed by atoms with E-state index in [1.807, 2.05) is 12.1 Å². The van der Waals surface area contributed by atoms with Gasteiger partial charge in [-0.2, -0.15) is 0 Å². The van der Waals surface area contributed by atoms with Crippen LogP contribution in [0.15, 0.2) is 24.3 Å². The molecule has 0 spiro atoms. The Morgan fingerprint density at radius 3 is 2.33 bits per heavy atom. The second kappa shape index (κ2) is 3.77. The maximum absolute atomic E-state index is 12.5. The number of benzene rings is 1. The van der Waals surface area contributed by atoms with E-state index in [0.29, 0.717) is 0 Å². The SMILES string of the molecule is Fc1cc[c]([Sn][CH]2CCC2)cc1. The van der Waals surface area contributed by atoms with Crippen LogP contribution in [0, 0.1) is 5.82 Å². The molecule has 0 N–H and O–H groups in total. The molecule has 0 heterocycles. The Morgan fingerprint density at radius 1 is 1.17 bits per heavy atom. The van der Waals surface area contributed by atoms with E-state index >= 15 is 0 Å². The summed E-state index contributed by atoms with van der Waals surface area (Å²) >= 11 is -0.357. The molecule has 1 aromatic carbocycles. The Balaban J connectivity index is 1.98. The van der Waals surface area contributed by atoms with E-state index in [0.717, 1.165) is 3.93 Å². The number of hydrogen-bond acceptors (Lipinski definition) is 0. The van der Waals surface area contributed by atoms with Crippen molar-refractivity contribution in [1.29, 1.82) is 0 Å². The molecule has 0 amide bonds. The van der Waals surface area contributed by atoms with Crippen LogP contribution in [0.25, 0.3) is 0 Å². The van der Waals surface area contributed by atoms with E-state index < -0.39 is 0 Å². The van der Waals surface area contributed by atoms with Crippen LogP contribution in [0.4, 0.5) is 4.39 Å². The summed E-state index contributed by atoms with van der Waals surface area (Å²) in [5.74, 6) is -0.105. The fourth-order valence-corrected chi connectivity index (χ4v) is 5.69. The van der Waals surface area contributed by atoms with Crippen LogP contribution in [0.5, 0.6) is 0 Å². The van der Waals surface area contributed by atoms with E-state index in [-0.39, 0.29) is 27.0 Å². The van der Waals surface area contributed by atoms with Crippen LogP contribution < -0.4 is 3.58 Å². The van der Waals surface area contributed by atoms with Gasteiger partial charge in [0.1, 0.15) is 0 Å². The van der Waals surface area contributed by atoms with Crippen molar-refractivity contribution in [1.82, 2.24) is 0 Å². The van der Waals surface area contributed by atoms with Gasteiger partial charge < -0.3 is 0 Å². The average molecular weight is 269 g/mol. The first-order valence-electron chi connectivity index (χ1n) is 4.37. The summed E-state index contributed by atoms with van der Waals surface area (Å²) in [5.41, 5.74) is 0. The van der Waals surface area contributed by atoms with E-state index in [9.17, 15) is 4.39 Å². The summed E-state index contributed by atoms with van der Waals surface area (Å²) in [5, 5.41) is 0. The first kappa shape index (κ1) is 8.54. The monoisotopic (exact) mass is 270 g/mol. The Hall–Kier alpha value is -0.0513. The number of halogens is 1. The van der Waals surface area contributed by atoms with E-state index in [1.165, 1.54) is 22.8 Å². The van der Waals surface area contributed by atoms with E-state index in [2.05, 4.69) is 0 Å². The number of rotatable bonds is 2. The van der Waals surface area contributed by atoms with Gasteiger partial charge in [0.25, 0.3) is 0 Å². The summed E-state index contributed by atoms with van der Waals surface area (Å²) in [6, 6.07) is 7.13. The van der Waals surface area contributed by atoms with Crippen molar-refractivity contribution in [3.05, 3.63) is 30.1 Å². The first-order valence-corrected chi connectivity index (χ1v) is 7.44. The van der Waals surface area contributed by atoms with Gasteiger partial charge in [0.2, 0.25) is 0 Å². The Labute approximate surface area is 82.4 Å².